The molecule has 4 heteroatoms. The SMILES string of the molecule is Cc1cc(C(=O)N2CCO[C@@H](C)C2)ccc1I. The lowest BCUT2D eigenvalue weighted by atomic mass is 10.1. The molecule has 1 aromatic carbocycles. The lowest BCUT2D eigenvalue weighted by Gasteiger charge is -2.31. The largest absolute Gasteiger partial charge is 0.375 e. The Balaban J connectivity index is 2.15. The first kappa shape index (κ1) is 12.8. The fourth-order valence-electron chi connectivity index (χ4n) is 1.96. The van der Waals surface area contributed by atoms with Gasteiger partial charge in [-0.15, -0.1) is 0 Å². The highest BCUT2D eigenvalue weighted by Crippen LogP contribution is 2.16. The van der Waals surface area contributed by atoms with Crippen LogP contribution in [0.3, 0.4) is 0 Å². The van der Waals surface area contributed by atoms with E-state index in [-0.39, 0.29) is 12.0 Å². The van der Waals surface area contributed by atoms with Crippen molar-refractivity contribution in [2.24, 2.45) is 0 Å². The van der Waals surface area contributed by atoms with Crippen molar-refractivity contribution in [3.05, 3.63) is 32.9 Å². The van der Waals surface area contributed by atoms with E-state index < -0.39 is 0 Å². The molecule has 0 saturated carbocycles. The molecule has 1 saturated heterocycles. The highest BCUT2D eigenvalue weighted by molar-refractivity contribution is 14.1. The number of rotatable bonds is 1. The molecule has 1 fully saturated rings. The van der Waals surface area contributed by atoms with Gasteiger partial charge in [0.2, 0.25) is 0 Å². The Hall–Kier alpha value is -0.620. The number of morpholine rings is 1. The summed E-state index contributed by atoms with van der Waals surface area (Å²) in [7, 11) is 0. The fraction of sp³-hybridized carbons (Fsp3) is 0.462. The maximum Gasteiger partial charge on any atom is 0.254 e. The van der Waals surface area contributed by atoms with E-state index in [1.165, 1.54) is 3.57 Å². The van der Waals surface area contributed by atoms with Gasteiger partial charge < -0.3 is 9.64 Å². The van der Waals surface area contributed by atoms with Gasteiger partial charge in [0.15, 0.2) is 0 Å². The van der Waals surface area contributed by atoms with Crippen LogP contribution in [-0.4, -0.2) is 36.6 Å². The first-order chi connectivity index (χ1) is 8.08. The molecule has 1 aliphatic heterocycles. The molecule has 0 bridgehead atoms. The summed E-state index contributed by atoms with van der Waals surface area (Å²) in [6, 6.07) is 5.86. The molecule has 1 atom stereocenters. The minimum Gasteiger partial charge on any atom is -0.375 e. The van der Waals surface area contributed by atoms with Gasteiger partial charge in [0, 0.05) is 22.2 Å². The summed E-state index contributed by atoms with van der Waals surface area (Å²) in [4.78, 5) is 14.1. The predicted molar refractivity (Wildman–Crippen MR) is 75.2 cm³/mol. The van der Waals surface area contributed by atoms with Crippen LogP contribution < -0.4 is 0 Å². The summed E-state index contributed by atoms with van der Waals surface area (Å²) in [5.41, 5.74) is 1.93. The van der Waals surface area contributed by atoms with E-state index in [2.05, 4.69) is 22.6 Å². The van der Waals surface area contributed by atoms with Gasteiger partial charge >= 0.3 is 0 Å². The van der Waals surface area contributed by atoms with Gasteiger partial charge in [-0.2, -0.15) is 0 Å². The van der Waals surface area contributed by atoms with Crippen LogP contribution in [0.2, 0.25) is 0 Å². The molecule has 3 nitrogen and oxygen atoms in total. The molecule has 2 rings (SSSR count). The fourth-order valence-corrected chi connectivity index (χ4v) is 2.30. The van der Waals surface area contributed by atoms with Crippen LogP contribution in [-0.2, 0) is 4.74 Å². The van der Waals surface area contributed by atoms with Crippen molar-refractivity contribution in [3.63, 3.8) is 0 Å². The first-order valence-corrected chi connectivity index (χ1v) is 6.83. The lowest BCUT2D eigenvalue weighted by Crippen LogP contribution is -2.44. The summed E-state index contributed by atoms with van der Waals surface area (Å²) in [6.45, 7) is 6.04. The highest BCUT2D eigenvalue weighted by atomic mass is 127. The number of ether oxygens (including phenoxy) is 1. The number of amides is 1. The number of carbonyl (C=O) groups excluding carboxylic acids is 1. The summed E-state index contributed by atoms with van der Waals surface area (Å²) >= 11 is 2.28. The first-order valence-electron chi connectivity index (χ1n) is 5.75. The molecular weight excluding hydrogens is 329 g/mol. The molecule has 0 spiro atoms. The Labute approximate surface area is 115 Å². The van der Waals surface area contributed by atoms with E-state index in [9.17, 15) is 4.79 Å². The standard InChI is InChI=1S/C13H16INO2/c1-9-7-11(3-4-12(9)14)13(16)15-5-6-17-10(2)8-15/h3-4,7,10H,5-6,8H2,1-2H3/t10-/m0/s1. The van der Waals surface area contributed by atoms with Gasteiger partial charge in [-0.3, -0.25) is 4.79 Å². The second-order valence-corrected chi connectivity index (χ2v) is 5.56. The Morgan fingerprint density at radius 1 is 1.53 bits per heavy atom. The third kappa shape index (κ3) is 2.98. The molecular formula is C13H16INO2. The van der Waals surface area contributed by atoms with Crippen molar-refractivity contribution in [2.45, 2.75) is 20.0 Å². The van der Waals surface area contributed by atoms with Crippen LogP contribution in [0.15, 0.2) is 18.2 Å². The normalized spacial score (nSPS) is 20.4. The number of nitrogens with zero attached hydrogens (tertiary/aromatic N) is 1. The van der Waals surface area contributed by atoms with Crippen LogP contribution >= 0.6 is 22.6 Å². The maximum atomic E-state index is 12.3. The van der Waals surface area contributed by atoms with E-state index in [1.807, 2.05) is 36.9 Å². The maximum absolute atomic E-state index is 12.3. The summed E-state index contributed by atoms with van der Waals surface area (Å²) in [5.74, 6) is 0.111. The molecule has 1 aliphatic rings. The molecule has 0 unspecified atom stereocenters. The number of hydrogen-bond acceptors (Lipinski definition) is 2. The van der Waals surface area contributed by atoms with E-state index in [4.69, 9.17) is 4.74 Å². The van der Waals surface area contributed by atoms with Crippen molar-refractivity contribution in [2.75, 3.05) is 19.7 Å². The smallest absolute Gasteiger partial charge is 0.254 e. The van der Waals surface area contributed by atoms with Gasteiger partial charge in [0.1, 0.15) is 0 Å². The molecule has 17 heavy (non-hydrogen) atoms. The number of halogens is 1. The predicted octanol–water partition coefficient (Wildman–Crippen LogP) is 2.46. The summed E-state index contributed by atoms with van der Waals surface area (Å²) < 4.78 is 6.63. The van der Waals surface area contributed by atoms with Crippen LogP contribution in [0.5, 0.6) is 0 Å². The van der Waals surface area contributed by atoms with E-state index in [0.29, 0.717) is 19.7 Å². The third-order valence-corrected chi connectivity index (χ3v) is 4.14. The Morgan fingerprint density at radius 3 is 2.94 bits per heavy atom. The third-order valence-electron chi connectivity index (χ3n) is 2.93. The second-order valence-electron chi connectivity index (χ2n) is 4.40. The minimum atomic E-state index is 0.111. The average molecular weight is 345 g/mol. The molecule has 1 amide bonds. The van der Waals surface area contributed by atoms with Crippen molar-refractivity contribution in [1.82, 2.24) is 4.90 Å². The molecule has 1 aromatic rings. The summed E-state index contributed by atoms with van der Waals surface area (Å²) in [6.07, 6.45) is 0.137. The highest BCUT2D eigenvalue weighted by Gasteiger charge is 2.22. The number of benzene rings is 1. The zero-order valence-corrected chi connectivity index (χ0v) is 12.2. The Bertz CT molecular complexity index is 433. The lowest BCUT2D eigenvalue weighted by molar-refractivity contribution is -0.0124. The van der Waals surface area contributed by atoms with E-state index in [0.717, 1.165) is 11.1 Å². The van der Waals surface area contributed by atoms with Crippen LogP contribution in [0.4, 0.5) is 0 Å². The van der Waals surface area contributed by atoms with Gasteiger partial charge in [-0.05, 0) is 60.2 Å². The van der Waals surface area contributed by atoms with Gasteiger partial charge in [-0.25, -0.2) is 0 Å². The Kier molecular flexibility index (Phi) is 4.04. The average Bonchev–Trinajstić information content (AvgIpc) is 2.32. The van der Waals surface area contributed by atoms with Crippen LogP contribution in [0.25, 0.3) is 0 Å². The quantitative estimate of drug-likeness (QED) is 0.732. The van der Waals surface area contributed by atoms with Crippen molar-refractivity contribution in [1.29, 1.82) is 0 Å². The Morgan fingerprint density at radius 2 is 2.29 bits per heavy atom. The molecule has 1 heterocycles. The van der Waals surface area contributed by atoms with Crippen LogP contribution in [0, 0.1) is 10.5 Å². The molecule has 0 aromatic heterocycles. The summed E-state index contributed by atoms with van der Waals surface area (Å²) in [5, 5.41) is 0. The molecule has 0 aliphatic carbocycles. The van der Waals surface area contributed by atoms with E-state index >= 15 is 0 Å². The molecule has 0 N–H and O–H groups in total. The van der Waals surface area contributed by atoms with E-state index in [1.54, 1.807) is 0 Å². The second kappa shape index (κ2) is 5.35. The monoisotopic (exact) mass is 345 g/mol. The van der Waals surface area contributed by atoms with Gasteiger partial charge in [0.05, 0.1) is 12.7 Å². The minimum absolute atomic E-state index is 0.111. The number of carbonyl (C=O) groups is 1. The topological polar surface area (TPSA) is 29.5 Å². The van der Waals surface area contributed by atoms with Crippen molar-refractivity contribution < 1.29 is 9.53 Å². The van der Waals surface area contributed by atoms with Crippen LogP contribution in [0.1, 0.15) is 22.8 Å². The number of hydrogen-bond donors (Lipinski definition) is 0. The zero-order chi connectivity index (χ0) is 12.4. The van der Waals surface area contributed by atoms with Crippen molar-refractivity contribution >= 4 is 28.5 Å². The zero-order valence-electron chi connectivity index (χ0n) is 10.1. The molecule has 92 valence electrons. The van der Waals surface area contributed by atoms with Crippen molar-refractivity contribution in [3.8, 4) is 0 Å². The van der Waals surface area contributed by atoms with Gasteiger partial charge in [0.25, 0.3) is 5.91 Å². The molecule has 0 radical (unpaired) electrons. The number of aryl methyl sites for hydroxylation is 1. The van der Waals surface area contributed by atoms with Gasteiger partial charge in [-0.1, -0.05) is 0 Å².